The van der Waals surface area contributed by atoms with E-state index in [1.807, 2.05) is 0 Å². The summed E-state index contributed by atoms with van der Waals surface area (Å²) in [7, 11) is 0. The number of hydrogen-bond acceptors (Lipinski definition) is 4. The lowest BCUT2D eigenvalue weighted by atomic mass is 10.3. The summed E-state index contributed by atoms with van der Waals surface area (Å²) in [5, 5.41) is 6.64. The van der Waals surface area contributed by atoms with Crippen molar-refractivity contribution in [3.05, 3.63) is 58.4 Å². The van der Waals surface area contributed by atoms with Gasteiger partial charge in [-0.25, -0.2) is 9.97 Å². The highest BCUT2D eigenvalue weighted by Gasteiger charge is 2.11. The first-order valence-electron chi connectivity index (χ1n) is 6.46. The minimum absolute atomic E-state index is 0.259. The van der Waals surface area contributed by atoms with E-state index in [1.165, 1.54) is 0 Å². The number of rotatable bonds is 5. The molecule has 1 aromatic heterocycles. The number of aryl methyl sites for hydroxylation is 1. The van der Waals surface area contributed by atoms with Gasteiger partial charge in [0.15, 0.2) is 0 Å². The van der Waals surface area contributed by atoms with Crippen LogP contribution in [-0.4, -0.2) is 22.4 Å². The third kappa shape index (κ3) is 4.19. The van der Waals surface area contributed by atoms with Gasteiger partial charge in [0, 0.05) is 17.3 Å². The first kappa shape index (κ1) is 16.3. The molecule has 0 bridgehead atoms. The van der Waals surface area contributed by atoms with E-state index < -0.39 is 0 Å². The summed E-state index contributed by atoms with van der Waals surface area (Å²) in [4.78, 5) is 20.4. The van der Waals surface area contributed by atoms with Crippen LogP contribution in [0, 0.1) is 6.92 Å². The number of halogens is 2. The van der Waals surface area contributed by atoms with Gasteiger partial charge in [-0.05, 0) is 31.2 Å². The number of anilines is 2. The number of amides is 1. The Hall–Kier alpha value is -2.11. The third-order valence-electron chi connectivity index (χ3n) is 2.67. The summed E-state index contributed by atoms with van der Waals surface area (Å²) in [6, 6.07) is 6.61. The van der Waals surface area contributed by atoms with Crippen LogP contribution in [0.5, 0.6) is 0 Å². The number of nitrogens with zero attached hydrogens (tertiary/aromatic N) is 2. The SMILES string of the molecule is C=CCNC(=O)c1cc(C)nc(Nc2cc(Cl)ccc2Cl)n1. The molecule has 0 atom stereocenters. The Kier molecular flexibility index (Phi) is 5.35. The molecule has 2 N–H and O–H groups in total. The fraction of sp³-hybridized carbons (Fsp3) is 0.133. The summed E-state index contributed by atoms with van der Waals surface area (Å²) in [6.07, 6.45) is 1.59. The van der Waals surface area contributed by atoms with Gasteiger partial charge in [0.25, 0.3) is 5.91 Å². The zero-order valence-electron chi connectivity index (χ0n) is 11.9. The molecule has 2 rings (SSSR count). The van der Waals surface area contributed by atoms with E-state index in [4.69, 9.17) is 23.2 Å². The van der Waals surface area contributed by atoms with E-state index in [2.05, 4.69) is 27.2 Å². The number of nitrogens with one attached hydrogen (secondary N) is 2. The van der Waals surface area contributed by atoms with Gasteiger partial charge in [-0.15, -0.1) is 6.58 Å². The first-order chi connectivity index (χ1) is 10.5. The standard InChI is InChI=1S/C15H14Cl2N4O/c1-3-6-18-14(22)13-7-9(2)19-15(21-13)20-12-8-10(16)4-5-11(12)17/h3-5,7-8H,1,6H2,2H3,(H,18,22)(H,19,20,21). The van der Waals surface area contributed by atoms with Crippen molar-refractivity contribution in [3.63, 3.8) is 0 Å². The maximum absolute atomic E-state index is 12.0. The zero-order valence-corrected chi connectivity index (χ0v) is 13.4. The van der Waals surface area contributed by atoms with Crippen molar-refractivity contribution in [2.24, 2.45) is 0 Å². The second-order valence-corrected chi connectivity index (χ2v) is 5.31. The van der Waals surface area contributed by atoms with Crippen LogP contribution in [0.1, 0.15) is 16.2 Å². The Morgan fingerprint density at radius 2 is 2.09 bits per heavy atom. The highest BCUT2D eigenvalue weighted by atomic mass is 35.5. The molecule has 0 unspecified atom stereocenters. The normalized spacial score (nSPS) is 10.1. The summed E-state index contributed by atoms with van der Waals surface area (Å²) >= 11 is 12.0. The monoisotopic (exact) mass is 336 g/mol. The fourth-order valence-electron chi connectivity index (χ4n) is 1.71. The van der Waals surface area contributed by atoms with Crippen LogP contribution in [0.2, 0.25) is 10.0 Å². The lowest BCUT2D eigenvalue weighted by molar-refractivity contribution is 0.0953. The van der Waals surface area contributed by atoms with Gasteiger partial charge < -0.3 is 10.6 Å². The molecule has 0 saturated carbocycles. The molecule has 0 aliphatic rings. The number of carbonyl (C=O) groups excluding carboxylic acids is 1. The minimum atomic E-state index is -0.300. The molecule has 0 aliphatic carbocycles. The maximum atomic E-state index is 12.0. The van der Waals surface area contributed by atoms with Crippen molar-refractivity contribution in [1.29, 1.82) is 0 Å². The average Bonchev–Trinajstić information content (AvgIpc) is 2.48. The summed E-state index contributed by atoms with van der Waals surface area (Å²) in [5.41, 5.74) is 1.48. The number of benzene rings is 1. The van der Waals surface area contributed by atoms with Crippen molar-refractivity contribution in [3.8, 4) is 0 Å². The highest BCUT2D eigenvalue weighted by Crippen LogP contribution is 2.27. The lowest BCUT2D eigenvalue weighted by Gasteiger charge is -2.09. The van der Waals surface area contributed by atoms with E-state index in [9.17, 15) is 4.79 Å². The number of hydrogen-bond donors (Lipinski definition) is 2. The van der Waals surface area contributed by atoms with E-state index in [1.54, 1.807) is 37.3 Å². The topological polar surface area (TPSA) is 66.9 Å². The molecule has 7 heteroatoms. The molecule has 0 spiro atoms. The second-order valence-electron chi connectivity index (χ2n) is 4.47. The van der Waals surface area contributed by atoms with E-state index in [-0.39, 0.29) is 17.5 Å². The van der Waals surface area contributed by atoms with Crippen LogP contribution in [0.25, 0.3) is 0 Å². The van der Waals surface area contributed by atoms with Crippen molar-refractivity contribution in [1.82, 2.24) is 15.3 Å². The average molecular weight is 337 g/mol. The van der Waals surface area contributed by atoms with Crippen molar-refractivity contribution in [2.45, 2.75) is 6.92 Å². The quantitative estimate of drug-likeness (QED) is 0.816. The molecule has 0 radical (unpaired) electrons. The molecule has 5 nitrogen and oxygen atoms in total. The number of carbonyl (C=O) groups is 1. The fourth-order valence-corrected chi connectivity index (χ4v) is 2.05. The smallest absolute Gasteiger partial charge is 0.270 e. The van der Waals surface area contributed by atoms with Crippen LogP contribution in [0.3, 0.4) is 0 Å². The molecule has 0 saturated heterocycles. The van der Waals surface area contributed by atoms with Gasteiger partial charge in [0.2, 0.25) is 5.95 Å². The van der Waals surface area contributed by atoms with Crippen molar-refractivity contribution in [2.75, 3.05) is 11.9 Å². The van der Waals surface area contributed by atoms with Gasteiger partial charge in [0.1, 0.15) is 5.69 Å². The maximum Gasteiger partial charge on any atom is 0.270 e. The summed E-state index contributed by atoms with van der Waals surface area (Å²) in [6.45, 7) is 5.69. The van der Waals surface area contributed by atoms with Crippen LogP contribution in [0.4, 0.5) is 11.6 Å². The summed E-state index contributed by atoms with van der Waals surface area (Å²) in [5.74, 6) is -0.0291. The van der Waals surface area contributed by atoms with Gasteiger partial charge in [-0.1, -0.05) is 29.3 Å². The van der Waals surface area contributed by atoms with E-state index in [0.717, 1.165) is 0 Å². The Bertz CT molecular complexity index is 719. The molecule has 0 aliphatic heterocycles. The van der Waals surface area contributed by atoms with Crippen LogP contribution >= 0.6 is 23.2 Å². The summed E-state index contributed by atoms with van der Waals surface area (Å²) < 4.78 is 0. The number of aromatic nitrogens is 2. The van der Waals surface area contributed by atoms with Crippen molar-refractivity contribution < 1.29 is 4.79 Å². The van der Waals surface area contributed by atoms with Gasteiger partial charge >= 0.3 is 0 Å². The molecular formula is C15H14Cl2N4O. The molecule has 2 aromatic rings. The van der Waals surface area contributed by atoms with Crippen molar-refractivity contribution >= 4 is 40.7 Å². The Balaban J connectivity index is 2.28. The molecule has 1 amide bonds. The Morgan fingerprint density at radius 1 is 1.32 bits per heavy atom. The minimum Gasteiger partial charge on any atom is -0.347 e. The van der Waals surface area contributed by atoms with E-state index >= 15 is 0 Å². The van der Waals surface area contributed by atoms with Crippen LogP contribution in [0.15, 0.2) is 36.9 Å². The third-order valence-corrected chi connectivity index (χ3v) is 3.23. The van der Waals surface area contributed by atoms with Crippen LogP contribution in [-0.2, 0) is 0 Å². The molecule has 22 heavy (non-hydrogen) atoms. The van der Waals surface area contributed by atoms with Gasteiger partial charge in [-0.2, -0.15) is 0 Å². The first-order valence-corrected chi connectivity index (χ1v) is 7.22. The highest BCUT2D eigenvalue weighted by molar-refractivity contribution is 6.35. The predicted molar refractivity (Wildman–Crippen MR) is 89.0 cm³/mol. The van der Waals surface area contributed by atoms with Crippen LogP contribution < -0.4 is 10.6 Å². The lowest BCUT2D eigenvalue weighted by Crippen LogP contribution is -2.24. The predicted octanol–water partition coefficient (Wildman–Crippen LogP) is 3.75. The molecule has 0 fully saturated rings. The van der Waals surface area contributed by atoms with E-state index in [0.29, 0.717) is 28.0 Å². The molecule has 1 aromatic carbocycles. The van der Waals surface area contributed by atoms with Gasteiger partial charge in [-0.3, -0.25) is 4.79 Å². The molecule has 1 heterocycles. The molecular weight excluding hydrogens is 323 g/mol. The van der Waals surface area contributed by atoms with Gasteiger partial charge in [0.05, 0.1) is 10.7 Å². The molecule has 114 valence electrons. The largest absolute Gasteiger partial charge is 0.347 e. The Labute approximate surface area is 138 Å². The second kappa shape index (κ2) is 7.24. The zero-order chi connectivity index (χ0) is 16.1. The Morgan fingerprint density at radius 3 is 2.82 bits per heavy atom.